The standard InChI is InChI=1S/C15H15ClO3/c1-17-10-19-14-6-4-3-5-12(14)13-8-7-11(16)9-15(13)18-2/h3-9H,10H2,1-2H3. The van der Waals surface area contributed by atoms with E-state index in [0.29, 0.717) is 10.8 Å². The molecule has 100 valence electrons. The van der Waals surface area contributed by atoms with Gasteiger partial charge < -0.3 is 14.2 Å². The van der Waals surface area contributed by atoms with Crippen molar-refractivity contribution in [2.75, 3.05) is 21.0 Å². The summed E-state index contributed by atoms with van der Waals surface area (Å²) in [4.78, 5) is 0. The number of para-hydroxylation sites is 1. The average molecular weight is 279 g/mol. The number of hydrogen-bond donors (Lipinski definition) is 0. The number of ether oxygens (including phenoxy) is 3. The molecule has 0 spiro atoms. The van der Waals surface area contributed by atoms with Crippen molar-refractivity contribution in [3.63, 3.8) is 0 Å². The molecule has 2 aromatic carbocycles. The zero-order valence-electron chi connectivity index (χ0n) is 10.9. The highest BCUT2D eigenvalue weighted by Gasteiger charge is 2.11. The van der Waals surface area contributed by atoms with E-state index in [9.17, 15) is 0 Å². The van der Waals surface area contributed by atoms with Gasteiger partial charge in [-0.15, -0.1) is 0 Å². The van der Waals surface area contributed by atoms with Gasteiger partial charge in [-0.3, -0.25) is 0 Å². The number of halogens is 1. The van der Waals surface area contributed by atoms with Crippen LogP contribution in [0.1, 0.15) is 0 Å². The fourth-order valence-corrected chi connectivity index (χ4v) is 1.99. The van der Waals surface area contributed by atoms with Gasteiger partial charge in [-0.05, 0) is 24.3 Å². The Labute approximate surface area is 117 Å². The van der Waals surface area contributed by atoms with E-state index in [4.69, 9.17) is 25.8 Å². The molecule has 3 nitrogen and oxygen atoms in total. The Balaban J connectivity index is 2.46. The minimum atomic E-state index is 0.201. The van der Waals surface area contributed by atoms with E-state index in [1.807, 2.05) is 36.4 Å². The third-order valence-electron chi connectivity index (χ3n) is 2.67. The summed E-state index contributed by atoms with van der Waals surface area (Å²) in [6.45, 7) is 0.201. The summed E-state index contributed by atoms with van der Waals surface area (Å²) in [6, 6.07) is 13.2. The maximum absolute atomic E-state index is 5.98. The van der Waals surface area contributed by atoms with Crippen molar-refractivity contribution in [2.24, 2.45) is 0 Å². The van der Waals surface area contributed by atoms with Gasteiger partial charge in [-0.25, -0.2) is 0 Å². The minimum absolute atomic E-state index is 0.201. The highest BCUT2D eigenvalue weighted by atomic mass is 35.5. The van der Waals surface area contributed by atoms with Gasteiger partial charge in [0.25, 0.3) is 0 Å². The van der Waals surface area contributed by atoms with E-state index in [1.54, 1.807) is 20.3 Å². The zero-order chi connectivity index (χ0) is 13.7. The highest BCUT2D eigenvalue weighted by Crippen LogP contribution is 2.37. The Kier molecular flexibility index (Phi) is 4.66. The van der Waals surface area contributed by atoms with E-state index in [-0.39, 0.29) is 6.79 Å². The number of benzene rings is 2. The van der Waals surface area contributed by atoms with E-state index >= 15 is 0 Å². The zero-order valence-corrected chi connectivity index (χ0v) is 11.6. The molecule has 0 amide bonds. The van der Waals surface area contributed by atoms with Gasteiger partial charge in [-0.1, -0.05) is 29.8 Å². The van der Waals surface area contributed by atoms with Gasteiger partial charge in [-0.2, -0.15) is 0 Å². The molecule has 0 N–H and O–H groups in total. The molecule has 0 heterocycles. The van der Waals surface area contributed by atoms with Crippen LogP contribution in [0.15, 0.2) is 42.5 Å². The molecule has 0 radical (unpaired) electrons. The molecular formula is C15H15ClO3. The van der Waals surface area contributed by atoms with Crippen LogP contribution in [0, 0.1) is 0 Å². The molecule has 0 aliphatic heterocycles. The summed E-state index contributed by atoms with van der Waals surface area (Å²) in [5.74, 6) is 1.45. The monoisotopic (exact) mass is 278 g/mol. The van der Waals surface area contributed by atoms with Crippen molar-refractivity contribution in [1.82, 2.24) is 0 Å². The van der Waals surface area contributed by atoms with Crippen LogP contribution in [0.25, 0.3) is 11.1 Å². The Morgan fingerprint density at radius 2 is 1.68 bits per heavy atom. The molecule has 0 saturated heterocycles. The predicted octanol–water partition coefficient (Wildman–Crippen LogP) is 4.00. The minimum Gasteiger partial charge on any atom is -0.496 e. The van der Waals surface area contributed by atoms with Gasteiger partial charge >= 0.3 is 0 Å². The SMILES string of the molecule is COCOc1ccccc1-c1ccc(Cl)cc1OC. The van der Waals surface area contributed by atoms with Gasteiger partial charge in [0.15, 0.2) is 6.79 Å². The lowest BCUT2D eigenvalue weighted by Gasteiger charge is -2.13. The van der Waals surface area contributed by atoms with Gasteiger partial charge in [0.05, 0.1) is 7.11 Å². The quantitative estimate of drug-likeness (QED) is 0.774. The van der Waals surface area contributed by atoms with Crippen LogP contribution >= 0.6 is 11.6 Å². The maximum Gasteiger partial charge on any atom is 0.188 e. The summed E-state index contributed by atoms with van der Waals surface area (Å²) >= 11 is 5.98. The lowest BCUT2D eigenvalue weighted by molar-refractivity contribution is 0.0515. The Hall–Kier alpha value is -1.71. The predicted molar refractivity (Wildman–Crippen MR) is 75.9 cm³/mol. The highest BCUT2D eigenvalue weighted by molar-refractivity contribution is 6.30. The van der Waals surface area contributed by atoms with Gasteiger partial charge in [0.2, 0.25) is 0 Å². The Morgan fingerprint density at radius 1 is 0.947 bits per heavy atom. The van der Waals surface area contributed by atoms with E-state index in [1.165, 1.54) is 0 Å². The average Bonchev–Trinajstić information content (AvgIpc) is 2.45. The second-order valence-electron chi connectivity index (χ2n) is 3.89. The molecule has 0 bridgehead atoms. The fourth-order valence-electron chi connectivity index (χ4n) is 1.82. The molecule has 19 heavy (non-hydrogen) atoms. The van der Waals surface area contributed by atoms with Crippen molar-refractivity contribution >= 4 is 11.6 Å². The van der Waals surface area contributed by atoms with Crippen molar-refractivity contribution in [1.29, 1.82) is 0 Å². The summed E-state index contributed by atoms with van der Waals surface area (Å²) in [5.41, 5.74) is 1.87. The van der Waals surface area contributed by atoms with Crippen molar-refractivity contribution in [3.05, 3.63) is 47.5 Å². The summed E-state index contributed by atoms with van der Waals surface area (Å²) in [5, 5.41) is 0.635. The third kappa shape index (κ3) is 3.19. The first-order valence-electron chi connectivity index (χ1n) is 5.81. The molecule has 0 aliphatic carbocycles. The van der Waals surface area contributed by atoms with Crippen molar-refractivity contribution < 1.29 is 14.2 Å². The maximum atomic E-state index is 5.98. The topological polar surface area (TPSA) is 27.7 Å². The first-order chi connectivity index (χ1) is 9.26. The molecule has 0 aliphatic rings. The molecule has 0 unspecified atom stereocenters. The van der Waals surface area contributed by atoms with Crippen molar-refractivity contribution in [3.8, 4) is 22.6 Å². The third-order valence-corrected chi connectivity index (χ3v) is 2.91. The largest absolute Gasteiger partial charge is 0.496 e. The molecule has 2 aromatic rings. The van der Waals surface area contributed by atoms with Gasteiger partial charge in [0, 0.05) is 23.3 Å². The molecule has 0 saturated carbocycles. The first kappa shape index (κ1) is 13.7. The molecule has 0 fully saturated rings. The van der Waals surface area contributed by atoms with Gasteiger partial charge in [0.1, 0.15) is 11.5 Å². The lowest BCUT2D eigenvalue weighted by atomic mass is 10.0. The summed E-state index contributed by atoms with van der Waals surface area (Å²) in [7, 11) is 3.21. The van der Waals surface area contributed by atoms with Crippen LogP contribution in [0.2, 0.25) is 5.02 Å². The van der Waals surface area contributed by atoms with Crippen LogP contribution in [0.3, 0.4) is 0 Å². The lowest BCUT2D eigenvalue weighted by Crippen LogP contribution is -2.00. The van der Waals surface area contributed by atoms with Crippen LogP contribution in [0.4, 0.5) is 0 Å². The number of methoxy groups -OCH3 is 2. The van der Waals surface area contributed by atoms with Crippen LogP contribution in [-0.4, -0.2) is 21.0 Å². The second kappa shape index (κ2) is 6.45. The molecule has 2 rings (SSSR count). The Bertz CT molecular complexity index is 555. The molecular weight excluding hydrogens is 264 g/mol. The molecule has 0 atom stereocenters. The smallest absolute Gasteiger partial charge is 0.188 e. The van der Waals surface area contributed by atoms with E-state index in [0.717, 1.165) is 16.9 Å². The summed E-state index contributed by atoms with van der Waals surface area (Å²) < 4.78 is 15.9. The number of rotatable bonds is 5. The van der Waals surface area contributed by atoms with E-state index in [2.05, 4.69) is 0 Å². The van der Waals surface area contributed by atoms with Crippen LogP contribution < -0.4 is 9.47 Å². The fraction of sp³-hybridized carbons (Fsp3) is 0.200. The van der Waals surface area contributed by atoms with Crippen LogP contribution in [0.5, 0.6) is 11.5 Å². The molecule has 4 heteroatoms. The normalized spacial score (nSPS) is 10.3. The molecule has 0 aromatic heterocycles. The van der Waals surface area contributed by atoms with E-state index < -0.39 is 0 Å². The first-order valence-corrected chi connectivity index (χ1v) is 6.18. The Morgan fingerprint density at radius 3 is 2.42 bits per heavy atom. The number of hydrogen-bond acceptors (Lipinski definition) is 3. The second-order valence-corrected chi connectivity index (χ2v) is 4.33. The van der Waals surface area contributed by atoms with Crippen LogP contribution in [-0.2, 0) is 4.74 Å². The summed E-state index contributed by atoms with van der Waals surface area (Å²) in [6.07, 6.45) is 0. The van der Waals surface area contributed by atoms with Crippen molar-refractivity contribution in [2.45, 2.75) is 0 Å².